The van der Waals surface area contributed by atoms with E-state index in [1.165, 1.54) is 44.1 Å². The van der Waals surface area contributed by atoms with Crippen molar-refractivity contribution >= 4 is 11.6 Å². The molecular formula is C25H40O2. The Kier molecular flexibility index (Phi) is 9.98. The third-order valence-electron chi connectivity index (χ3n) is 5.98. The second-order valence-electron chi connectivity index (χ2n) is 8.86. The monoisotopic (exact) mass is 372 g/mol. The van der Waals surface area contributed by atoms with Gasteiger partial charge in [-0.3, -0.25) is 9.59 Å². The minimum absolute atomic E-state index is 0.184. The molecule has 0 fully saturated rings. The van der Waals surface area contributed by atoms with Gasteiger partial charge in [-0.15, -0.1) is 0 Å². The van der Waals surface area contributed by atoms with E-state index < -0.39 is 0 Å². The maximum absolute atomic E-state index is 11.2. The lowest BCUT2D eigenvalue weighted by atomic mass is 9.68. The highest BCUT2D eigenvalue weighted by atomic mass is 16.1. The average Bonchev–Trinajstić information content (AvgIpc) is 3.00. The number of hydrogen-bond acceptors (Lipinski definition) is 2. The summed E-state index contributed by atoms with van der Waals surface area (Å²) in [4.78, 5) is 22.4. The van der Waals surface area contributed by atoms with Gasteiger partial charge in [0.1, 0.15) is 0 Å². The van der Waals surface area contributed by atoms with Crippen LogP contribution in [0.3, 0.4) is 0 Å². The second kappa shape index (κ2) is 11.4. The van der Waals surface area contributed by atoms with Crippen LogP contribution >= 0.6 is 0 Å². The van der Waals surface area contributed by atoms with E-state index in [1.807, 2.05) is 6.92 Å². The molecule has 27 heavy (non-hydrogen) atoms. The topological polar surface area (TPSA) is 34.1 Å². The van der Waals surface area contributed by atoms with E-state index in [-0.39, 0.29) is 11.2 Å². The van der Waals surface area contributed by atoms with E-state index >= 15 is 0 Å². The molecule has 0 aromatic heterocycles. The Morgan fingerprint density at radius 1 is 1.15 bits per heavy atom. The Morgan fingerprint density at radius 2 is 1.85 bits per heavy atom. The third kappa shape index (κ3) is 7.99. The summed E-state index contributed by atoms with van der Waals surface area (Å²) in [5.74, 6) is 1.01. The van der Waals surface area contributed by atoms with Crippen LogP contribution < -0.4 is 0 Å². The lowest BCUT2D eigenvalue weighted by molar-refractivity contribution is -0.115. The normalized spacial score (nSPS) is 21.9. The van der Waals surface area contributed by atoms with Crippen molar-refractivity contribution in [3.63, 3.8) is 0 Å². The summed E-state index contributed by atoms with van der Waals surface area (Å²) < 4.78 is 0. The van der Waals surface area contributed by atoms with Crippen LogP contribution in [-0.4, -0.2) is 11.6 Å². The first-order chi connectivity index (χ1) is 12.7. The van der Waals surface area contributed by atoms with E-state index in [9.17, 15) is 9.59 Å². The smallest absolute Gasteiger partial charge is 0.158 e. The summed E-state index contributed by atoms with van der Waals surface area (Å²) in [7, 11) is 0. The van der Waals surface area contributed by atoms with E-state index in [2.05, 4.69) is 45.9 Å². The quantitative estimate of drug-likeness (QED) is 0.270. The number of allylic oxidation sites excluding steroid dienone is 6. The number of Topliss-reactive ketones (excluding diaryl/α,β-unsaturated/α-hetero) is 2. The van der Waals surface area contributed by atoms with Crippen molar-refractivity contribution < 1.29 is 9.59 Å². The predicted octanol–water partition coefficient (Wildman–Crippen LogP) is 7.15. The molecule has 1 atom stereocenters. The first-order valence-electron chi connectivity index (χ1n) is 10.8. The molecular weight excluding hydrogens is 332 g/mol. The Morgan fingerprint density at radius 3 is 2.37 bits per heavy atom. The van der Waals surface area contributed by atoms with Gasteiger partial charge in [0, 0.05) is 12.3 Å². The highest BCUT2D eigenvalue weighted by Gasteiger charge is 2.31. The summed E-state index contributed by atoms with van der Waals surface area (Å²) in [6.45, 7) is 12.5. The SMILES string of the molecule is CC(=O)/C(C)=C/C1C(C)=CCCC1(C)C.CCCCCCC1=CCCC1=O. The molecule has 0 radical (unpaired) electrons. The van der Waals surface area contributed by atoms with Crippen molar-refractivity contribution in [3.8, 4) is 0 Å². The van der Waals surface area contributed by atoms with Gasteiger partial charge in [-0.25, -0.2) is 0 Å². The number of carbonyl (C=O) groups excluding carboxylic acids is 2. The van der Waals surface area contributed by atoms with Gasteiger partial charge in [0.25, 0.3) is 0 Å². The highest BCUT2D eigenvalue weighted by molar-refractivity contribution is 5.97. The van der Waals surface area contributed by atoms with Crippen LogP contribution in [-0.2, 0) is 9.59 Å². The molecule has 152 valence electrons. The molecule has 0 amide bonds. The minimum Gasteiger partial charge on any atom is -0.295 e. The number of rotatable bonds is 7. The van der Waals surface area contributed by atoms with E-state index in [1.54, 1.807) is 6.92 Å². The van der Waals surface area contributed by atoms with Gasteiger partial charge in [0.05, 0.1) is 0 Å². The summed E-state index contributed by atoms with van der Waals surface area (Å²) >= 11 is 0. The van der Waals surface area contributed by atoms with Crippen LogP contribution in [0.4, 0.5) is 0 Å². The Hall–Kier alpha value is -1.44. The van der Waals surface area contributed by atoms with E-state index in [0.717, 1.165) is 30.4 Å². The van der Waals surface area contributed by atoms with Gasteiger partial charge >= 0.3 is 0 Å². The van der Waals surface area contributed by atoms with Crippen LogP contribution in [0.2, 0.25) is 0 Å². The van der Waals surface area contributed by atoms with Crippen LogP contribution in [0.1, 0.15) is 99.3 Å². The lowest BCUT2D eigenvalue weighted by Crippen LogP contribution is -2.26. The molecule has 0 aromatic rings. The Bertz CT molecular complexity index is 602. The zero-order valence-electron chi connectivity index (χ0n) is 18.5. The Labute approximate surface area is 167 Å². The molecule has 0 spiro atoms. The maximum Gasteiger partial charge on any atom is 0.158 e. The first-order valence-corrected chi connectivity index (χ1v) is 10.8. The van der Waals surface area contributed by atoms with Crippen molar-refractivity contribution in [3.05, 3.63) is 34.9 Å². The summed E-state index contributed by atoms with van der Waals surface area (Å²) in [6, 6.07) is 0. The highest BCUT2D eigenvalue weighted by Crippen LogP contribution is 2.42. The molecule has 0 heterocycles. The van der Waals surface area contributed by atoms with Crippen LogP contribution in [0, 0.1) is 11.3 Å². The molecule has 0 N–H and O–H groups in total. The lowest BCUT2D eigenvalue weighted by Gasteiger charge is -2.37. The number of carbonyl (C=O) groups is 2. The summed E-state index contributed by atoms with van der Waals surface area (Å²) in [6.07, 6.45) is 16.8. The van der Waals surface area contributed by atoms with Crippen molar-refractivity contribution in [2.45, 2.75) is 99.3 Å². The van der Waals surface area contributed by atoms with Gasteiger partial charge in [0.15, 0.2) is 11.6 Å². The molecule has 1 unspecified atom stereocenters. The fourth-order valence-corrected chi connectivity index (χ4v) is 3.93. The van der Waals surface area contributed by atoms with E-state index in [0.29, 0.717) is 11.7 Å². The first kappa shape index (κ1) is 23.6. The molecule has 0 saturated heterocycles. The van der Waals surface area contributed by atoms with Crippen molar-refractivity contribution in [1.82, 2.24) is 0 Å². The van der Waals surface area contributed by atoms with Crippen molar-refractivity contribution in [2.24, 2.45) is 11.3 Å². The number of ketones is 2. The zero-order valence-corrected chi connectivity index (χ0v) is 18.5. The summed E-state index contributed by atoms with van der Waals surface area (Å²) in [5, 5.41) is 0. The van der Waals surface area contributed by atoms with Gasteiger partial charge in [0.2, 0.25) is 0 Å². The molecule has 2 aliphatic rings. The minimum atomic E-state index is 0.184. The fourth-order valence-electron chi connectivity index (χ4n) is 3.93. The maximum atomic E-state index is 11.2. The molecule has 2 rings (SSSR count). The number of hydrogen-bond donors (Lipinski definition) is 0. The van der Waals surface area contributed by atoms with Gasteiger partial charge in [-0.2, -0.15) is 0 Å². The van der Waals surface area contributed by atoms with Crippen LogP contribution in [0.5, 0.6) is 0 Å². The average molecular weight is 373 g/mol. The molecule has 0 bridgehead atoms. The van der Waals surface area contributed by atoms with E-state index in [4.69, 9.17) is 0 Å². The van der Waals surface area contributed by atoms with Gasteiger partial charge in [-0.05, 0) is 69.4 Å². The molecule has 0 aliphatic heterocycles. The Balaban J connectivity index is 0.000000277. The third-order valence-corrected chi connectivity index (χ3v) is 5.98. The largest absolute Gasteiger partial charge is 0.295 e. The summed E-state index contributed by atoms with van der Waals surface area (Å²) in [5.41, 5.74) is 3.69. The van der Waals surface area contributed by atoms with Gasteiger partial charge < -0.3 is 0 Å². The van der Waals surface area contributed by atoms with Crippen LogP contribution in [0.25, 0.3) is 0 Å². The standard InChI is InChI=1S/C14H22O.C11H18O/c1-10-7-6-8-14(4,5)13(10)9-11(2)12(3)15;1-2-3-4-5-7-10-8-6-9-11(10)12/h7,9,13H,6,8H2,1-5H3;8H,2-7,9H2,1H3/b11-9+;. The molecule has 2 heteroatoms. The predicted molar refractivity (Wildman–Crippen MR) is 116 cm³/mol. The molecule has 0 aromatic carbocycles. The zero-order chi connectivity index (χ0) is 20.4. The van der Waals surface area contributed by atoms with Crippen LogP contribution in [0.15, 0.2) is 34.9 Å². The van der Waals surface area contributed by atoms with Crippen molar-refractivity contribution in [1.29, 1.82) is 0 Å². The number of unbranched alkanes of at least 4 members (excludes halogenated alkanes) is 3. The fraction of sp³-hybridized carbons (Fsp3) is 0.680. The second-order valence-corrected chi connectivity index (χ2v) is 8.86. The van der Waals surface area contributed by atoms with Gasteiger partial charge in [-0.1, -0.05) is 63.8 Å². The molecule has 0 saturated carbocycles. The molecule has 2 aliphatic carbocycles. The van der Waals surface area contributed by atoms with Crippen molar-refractivity contribution in [2.75, 3.05) is 0 Å². The molecule has 2 nitrogen and oxygen atoms in total.